The molecule has 1 aromatic heterocycles. The third kappa shape index (κ3) is 3.41. The molecule has 1 aromatic carbocycles. The Balaban J connectivity index is 2.08. The second-order valence-corrected chi connectivity index (χ2v) is 7.57. The van der Waals surface area contributed by atoms with E-state index in [1.165, 1.54) is 0 Å². The van der Waals surface area contributed by atoms with Crippen molar-refractivity contribution < 1.29 is 0 Å². The third-order valence-electron chi connectivity index (χ3n) is 4.77. The van der Waals surface area contributed by atoms with E-state index in [0.717, 1.165) is 48.3 Å². The molecular formula is C18H25BrN4O. The van der Waals surface area contributed by atoms with Crippen molar-refractivity contribution in [3.05, 3.63) is 38.9 Å². The Hall–Kier alpha value is -1.24. The van der Waals surface area contributed by atoms with Crippen LogP contribution in [0.15, 0.2) is 27.5 Å². The van der Waals surface area contributed by atoms with Gasteiger partial charge in [-0.3, -0.25) is 14.3 Å². The minimum atomic E-state index is 0.0283. The Morgan fingerprint density at radius 2 is 2.25 bits per heavy atom. The van der Waals surface area contributed by atoms with Gasteiger partial charge in [0.1, 0.15) is 5.82 Å². The van der Waals surface area contributed by atoms with Crippen molar-refractivity contribution in [2.45, 2.75) is 38.8 Å². The highest BCUT2D eigenvalue weighted by Gasteiger charge is 2.27. The van der Waals surface area contributed by atoms with Gasteiger partial charge < -0.3 is 5.32 Å². The van der Waals surface area contributed by atoms with Gasteiger partial charge in [-0.25, -0.2) is 4.98 Å². The van der Waals surface area contributed by atoms with Crippen LogP contribution in [0.1, 0.15) is 38.6 Å². The molecule has 0 aliphatic carbocycles. The van der Waals surface area contributed by atoms with Gasteiger partial charge in [0.05, 0.1) is 16.9 Å². The first-order valence-corrected chi connectivity index (χ1v) is 9.44. The Morgan fingerprint density at radius 3 is 2.96 bits per heavy atom. The zero-order chi connectivity index (χ0) is 17.3. The van der Waals surface area contributed by atoms with E-state index in [0.29, 0.717) is 11.4 Å². The maximum absolute atomic E-state index is 12.8. The molecule has 6 heteroatoms. The molecule has 2 heterocycles. The van der Waals surface area contributed by atoms with E-state index in [2.05, 4.69) is 40.0 Å². The van der Waals surface area contributed by atoms with Gasteiger partial charge >= 0.3 is 0 Å². The molecule has 1 fully saturated rings. The lowest BCUT2D eigenvalue weighted by Crippen LogP contribution is -2.51. The van der Waals surface area contributed by atoms with Crippen LogP contribution in [0.4, 0.5) is 0 Å². The summed E-state index contributed by atoms with van der Waals surface area (Å²) in [7, 11) is 1.85. The van der Waals surface area contributed by atoms with Crippen LogP contribution in [-0.2, 0) is 7.05 Å². The third-order valence-corrected chi connectivity index (χ3v) is 5.27. The van der Waals surface area contributed by atoms with Crippen molar-refractivity contribution in [2.75, 3.05) is 19.6 Å². The molecule has 0 bridgehead atoms. The van der Waals surface area contributed by atoms with Crippen molar-refractivity contribution in [1.29, 1.82) is 0 Å². The number of benzene rings is 1. The Kier molecular flexibility index (Phi) is 5.37. The highest BCUT2D eigenvalue weighted by atomic mass is 79.9. The summed E-state index contributed by atoms with van der Waals surface area (Å²) in [6.45, 7) is 7.35. The molecule has 0 amide bonds. The van der Waals surface area contributed by atoms with Gasteiger partial charge in [0.15, 0.2) is 0 Å². The summed E-state index contributed by atoms with van der Waals surface area (Å²) in [5.41, 5.74) is 0.807. The van der Waals surface area contributed by atoms with E-state index in [-0.39, 0.29) is 11.6 Å². The van der Waals surface area contributed by atoms with Gasteiger partial charge in [-0.05, 0) is 31.5 Å². The first-order chi connectivity index (χ1) is 11.5. The fraction of sp³-hybridized carbons (Fsp3) is 0.556. The quantitative estimate of drug-likeness (QED) is 0.868. The molecule has 0 spiro atoms. The molecule has 24 heavy (non-hydrogen) atoms. The molecule has 130 valence electrons. The van der Waals surface area contributed by atoms with Gasteiger partial charge in [-0.15, -0.1) is 0 Å². The summed E-state index contributed by atoms with van der Waals surface area (Å²) >= 11 is 3.44. The van der Waals surface area contributed by atoms with Crippen molar-refractivity contribution in [3.8, 4) is 0 Å². The largest absolute Gasteiger partial charge is 0.312 e. The van der Waals surface area contributed by atoms with Crippen molar-refractivity contribution >= 4 is 26.8 Å². The molecular weight excluding hydrogens is 368 g/mol. The van der Waals surface area contributed by atoms with Crippen LogP contribution < -0.4 is 10.9 Å². The lowest BCUT2D eigenvalue weighted by Gasteiger charge is -2.38. The zero-order valence-corrected chi connectivity index (χ0v) is 16.1. The highest BCUT2D eigenvalue weighted by Crippen LogP contribution is 2.26. The maximum atomic E-state index is 12.8. The molecule has 1 saturated heterocycles. The molecule has 0 saturated carbocycles. The predicted molar refractivity (Wildman–Crippen MR) is 101 cm³/mol. The summed E-state index contributed by atoms with van der Waals surface area (Å²) in [6.07, 6.45) is 2.08. The van der Waals surface area contributed by atoms with Crippen LogP contribution in [0.2, 0.25) is 0 Å². The van der Waals surface area contributed by atoms with Crippen LogP contribution in [0, 0.1) is 0 Å². The van der Waals surface area contributed by atoms with E-state index < -0.39 is 0 Å². The molecule has 1 N–H and O–H groups in total. The molecule has 3 rings (SSSR count). The first kappa shape index (κ1) is 17.6. The van der Waals surface area contributed by atoms with E-state index in [1.807, 2.05) is 25.2 Å². The lowest BCUT2D eigenvalue weighted by atomic mass is 10.1. The van der Waals surface area contributed by atoms with Crippen molar-refractivity contribution in [1.82, 2.24) is 19.8 Å². The Bertz CT molecular complexity index is 788. The highest BCUT2D eigenvalue weighted by molar-refractivity contribution is 9.10. The second kappa shape index (κ2) is 7.33. The molecule has 1 aliphatic rings. The van der Waals surface area contributed by atoms with E-state index in [9.17, 15) is 4.79 Å². The normalized spacial score (nSPS) is 20.4. The van der Waals surface area contributed by atoms with Crippen LogP contribution in [-0.4, -0.2) is 40.1 Å². The fourth-order valence-corrected chi connectivity index (χ4v) is 3.91. The summed E-state index contributed by atoms with van der Waals surface area (Å²) in [4.78, 5) is 20.2. The molecule has 2 aromatic rings. The number of piperazine rings is 1. The van der Waals surface area contributed by atoms with Gasteiger partial charge in [-0.1, -0.05) is 29.3 Å². The number of halogens is 1. The SMILES string of the molecule is CCCC(c1nc2ccc(Br)cc2c(=O)n1C)N1CCN[C@@H](C)C1. The number of hydrogen-bond acceptors (Lipinski definition) is 4. The predicted octanol–water partition coefficient (Wildman–Crippen LogP) is 2.83. The Morgan fingerprint density at radius 1 is 1.46 bits per heavy atom. The van der Waals surface area contributed by atoms with E-state index in [4.69, 9.17) is 4.98 Å². The standard InChI is InChI=1S/C18H25BrN4O/c1-4-5-16(23-9-8-20-12(2)11-23)17-21-15-7-6-13(19)10-14(15)18(24)22(17)3/h6-7,10,12,16,20H,4-5,8-9,11H2,1-3H3/t12-,16?/m0/s1. The van der Waals surface area contributed by atoms with Gasteiger partial charge in [-0.2, -0.15) is 0 Å². The number of aromatic nitrogens is 2. The number of nitrogens with one attached hydrogen (secondary N) is 1. The molecule has 1 aliphatic heterocycles. The molecule has 1 unspecified atom stereocenters. The van der Waals surface area contributed by atoms with Gasteiger partial charge in [0, 0.05) is 37.2 Å². The van der Waals surface area contributed by atoms with E-state index >= 15 is 0 Å². The number of hydrogen-bond donors (Lipinski definition) is 1. The summed E-state index contributed by atoms with van der Waals surface area (Å²) in [5.74, 6) is 0.880. The topological polar surface area (TPSA) is 50.2 Å². The van der Waals surface area contributed by atoms with Gasteiger partial charge in [0.2, 0.25) is 0 Å². The summed E-state index contributed by atoms with van der Waals surface area (Å²) in [5, 5.41) is 4.15. The number of fused-ring (bicyclic) bond motifs is 1. The first-order valence-electron chi connectivity index (χ1n) is 8.65. The average Bonchev–Trinajstić information content (AvgIpc) is 2.57. The maximum Gasteiger partial charge on any atom is 0.261 e. The minimum absolute atomic E-state index is 0.0283. The fourth-order valence-electron chi connectivity index (χ4n) is 3.55. The van der Waals surface area contributed by atoms with Crippen molar-refractivity contribution in [2.24, 2.45) is 7.05 Å². The number of rotatable bonds is 4. The lowest BCUT2D eigenvalue weighted by molar-refractivity contribution is 0.132. The average molecular weight is 393 g/mol. The van der Waals surface area contributed by atoms with Gasteiger partial charge in [0.25, 0.3) is 5.56 Å². The van der Waals surface area contributed by atoms with E-state index in [1.54, 1.807) is 4.57 Å². The monoisotopic (exact) mass is 392 g/mol. The minimum Gasteiger partial charge on any atom is -0.312 e. The summed E-state index contributed by atoms with van der Waals surface area (Å²) in [6, 6.07) is 6.38. The van der Waals surface area contributed by atoms with Crippen LogP contribution >= 0.6 is 15.9 Å². The zero-order valence-electron chi connectivity index (χ0n) is 14.6. The molecule has 2 atom stereocenters. The second-order valence-electron chi connectivity index (χ2n) is 6.65. The molecule has 0 radical (unpaired) electrons. The summed E-state index contributed by atoms with van der Waals surface area (Å²) < 4.78 is 2.64. The van der Waals surface area contributed by atoms with Crippen LogP contribution in [0.25, 0.3) is 10.9 Å². The van der Waals surface area contributed by atoms with Crippen LogP contribution in [0.5, 0.6) is 0 Å². The van der Waals surface area contributed by atoms with Crippen molar-refractivity contribution in [3.63, 3.8) is 0 Å². The van der Waals surface area contributed by atoms with Crippen LogP contribution in [0.3, 0.4) is 0 Å². The number of nitrogens with zero attached hydrogens (tertiary/aromatic N) is 3. The smallest absolute Gasteiger partial charge is 0.261 e. The Labute approximate surface area is 151 Å². The molecule has 5 nitrogen and oxygen atoms in total.